The van der Waals surface area contributed by atoms with Crippen LogP contribution in [0.3, 0.4) is 0 Å². The maximum absolute atomic E-state index is 4.76. The van der Waals surface area contributed by atoms with Gasteiger partial charge in [-0.2, -0.15) is 0 Å². The zero-order chi connectivity index (χ0) is 9.07. The highest BCUT2D eigenvalue weighted by molar-refractivity contribution is 7.78. The molecule has 0 aromatic rings. The third-order valence-electron chi connectivity index (χ3n) is 2.18. The Morgan fingerprint density at radius 2 is 1.33 bits per heavy atom. The molecule has 0 nitrogen and oxygen atoms in total. The summed E-state index contributed by atoms with van der Waals surface area (Å²) in [5, 5.41) is 1.86. The summed E-state index contributed by atoms with van der Waals surface area (Å²) in [5.74, 6) is 0. The Bertz CT molecular complexity index is 89.0. The van der Waals surface area contributed by atoms with Crippen LogP contribution in [0.25, 0.3) is 0 Å². The quantitative estimate of drug-likeness (QED) is 0.377. The SMILES string of the molecule is CCCCCCCCCCC=S. The molecule has 0 aliphatic carbocycles. The van der Waals surface area contributed by atoms with Gasteiger partial charge in [0.05, 0.1) is 0 Å². The van der Waals surface area contributed by atoms with Gasteiger partial charge in [-0.25, -0.2) is 0 Å². The predicted octanol–water partition coefficient (Wildman–Crippen LogP) is 4.52. The molecule has 0 spiro atoms. The van der Waals surface area contributed by atoms with Crippen molar-refractivity contribution in [2.75, 3.05) is 0 Å². The van der Waals surface area contributed by atoms with Crippen molar-refractivity contribution in [3.8, 4) is 0 Å². The summed E-state index contributed by atoms with van der Waals surface area (Å²) < 4.78 is 0. The molecule has 0 radical (unpaired) electrons. The summed E-state index contributed by atoms with van der Waals surface area (Å²) in [7, 11) is 0. The number of thiocarbonyl (C=S) groups is 1. The van der Waals surface area contributed by atoms with E-state index in [0.717, 1.165) is 6.42 Å². The third kappa shape index (κ3) is 10.1. The van der Waals surface area contributed by atoms with E-state index in [9.17, 15) is 0 Å². The monoisotopic (exact) mass is 186 g/mol. The van der Waals surface area contributed by atoms with Gasteiger partial charge in [0.15, 0.2) is 0 Å². The van der Waals surface area contributed by atoms with Gasteiger partial charge in [-0.05, 0) is 18.2 Å². The summed E-state index contributed by atoms with van der Waals surface area (Å²) >= 11 is 4.76. The minimum atomic E-state index is 1.13. The van der Waals surface area contributed by atoms with Crippen LogP contribution in [-0.2, 0) is 0 Å². The van der Waals surface area contributed by atoms with Crippen molar-refractivity contribution >= 4 is 17.6 Å². The molecule has 0 unspecified atom stereocenters. The Kier molecular flexibility index (Phi) is 11.2. The molecule has 72 valence electrons. The predicted molar refractivity (Wildman–Crippen MR) is 60.9 cm³/mol. The Morgan fingerprint density at radius 1 is 0.833 bits per heavy atom. The fourth-order valence-corrected chi connectivity index (χ4v) is 1.53. The van der Waals surface area contributed by atoms with E-state index in [0.29, 0.717) is 0 Å². The normalized spacial score (nSPS) is 10.1. The van der Waals surface area contributed by atoms with Gasteiger partial charge in [-0.1, -0.05) is 64.1 Å². The fraction of sp³-hybridized carbons (Fsp3) is 0.909. The molecule has 0 aliphatic rings. The lowest BCUT2D eigenvalue weighted by Gasteiger charge is -1.99. The van der Waals surface area contributed by atoms with Crippen LogP contribution in [0.2, 0.25) is 0 Å². The van der Waals surface area contributed by atoms with Crippen LogP contribution in [0.15, 0.2) is 0 Å². The first-order valence-corrected chi connectivity index (χ1v) is 5.82. The number of rotatable bonds is 9. The minimum absolute atomic E-state index is 1.13. The Labute approximate surface area is 82.7 Å². The van der Waals surface area contributed by atoms with Gasteiger partial charge in [0.1, 0.15) is 0 Å². The molecule has 0 atom stereocenters. The third-order valence-corrected chi connectivity index (χ3v) is 2.41. The highest BCUT2D eigenvalue weighted by Gasteiger charge is 1.89. The van der Waals surface area contributed by atoms with Crippen molar-refractivity contribution in [2.24, 2.45) is 0 Å². The van der Waals surface area contributed by atoms with Gasteiger partial charge in [-0.3, -0.25) is 0 Å². The maximum Gasteiger partial charge on any atom is -0.0210 e. The largest absolute Gasteiger partial charge is 0.0935 e. The van der Waals surface area contributed by atoms with E-state index in [4.69, 9.17) is 12.2 Å². The molecule has 0 aromatic carbocycles. The van der Waals surface area contributed by atoms with E-state index < -0.39 is 0 Å². The highest BCUT2D eigenvalue weighted by Crippen LogP contribution is 2.08. The molecule has 0 aliphatic heterocycles. The van der Waals surface area contributed by atoms with Gasteiger partial charge in [-0.15, -0.1) is 0 Å². The van der Waals surface area contributed by atoms with E-state index in [-0.39, 0.29) is 0 Å². The number of unbranched alkanes of at least 4 members (excludes halogenated alkanes) is 8. The van der Waals surface area contributed by atoms with Crippen molar-refractivity contribution in [3.05, 3.63) is 0 Å². The second-order valence-corrected chi connectivity index (χ2v) is 3.76. The van der Waals surface area contributed by atoms with Crippen molar-refractivity contribution in [1.29, 1.82) is 0 Å². The van der Waals surface area contributed by atoms with Crippen molar-refractivity contribution < 1.29 is 0 Å². The molecular formula is C11H22S. The van der Waals surface area contributed by atoms with E-state index >= 15 is 0 Å². The van der Waals surface area contributed by atoms with Crippen molar-refractivity contribution in [1.82, 2.24) is 0 Å². The van der Waals surface area contributed by atoms with E-state index in [1.165, 1.54) is 51.4 Å². The molecule has 0 aromatic heterocycles. The molecule has 0 bridgehead atoms. The molecule has 0 amide bonds. The second-order valence-electron chi connectivity index (χ2n) is 3.43. The average molecular weight is 186 g/mol. The van der Waals surface area contributed by atoms with Gasteiger partial charge < -0.3 is 0 Å². The Morgan fingerprint density at radius 3 is 1.83 bits per heavy atom. The first kappa shape index (κ1) is 12.1. The van der Waals surface area contributed by atoms with Crippen molar-refractivity contribution in [2.45, 2.75) is 64.7 Å². The van der Waals surface area contributed by atoms with E-state index in [1.807, 2.05) is 5.37 Å². The van der Waals surface area contributed by atoms with Crippen LogP contribution in [0.4, 0.5) is 0 Å². The Balaban J connectivity index is 2.77. The van der Waals surface area contributed by atoms with Crippen LogP contribution in [0.5, 0.6) is 0 Å². The zero-order valence-corrected chi connectivity index (χ0v) is 9.17. The molecule has 0 rings (SSSR count). The van der Waals surface area contributed by atoms with E-state index in [1.54, 1.807) is 0 Å². The first-order valence-electron chi connectivity index (χ1n) is 5.35. The van der Waals surface area contributed by atoms with Crippen LogP contribution >= 0.6 is 12.2 Å². The maximum atomic E-state index is 4.76. The lowest BCUT2D eigenvalue weighted by atomic mass is 10.1. The van der Waals surface area contributed by atoms with Crippen LogP contribution in [0, 0.1) is 0 Å². The van der Waals surface area contributed by atoms with Crippen LogP contribution < -0.4 is 0 Å². The van der Waals surface area contributed by atoms with Gasteiger partial charge in [0, 0.05) is 0 Å². The zero-order valence-electron chi connectivity index (χ0n) is 8.35. The number of hydrogen-bond donors (Lipinski definition) is 0. The van der Waals surface area contributed by atoms with E-state index in [2.05, 4.69) is 6.92 Å². The lowest BCUT2D eigenvalue weighted by molar-refractivity contribution is 0.581. The molecule has 0 saturated carbocycles. The highest BCUT2D eigenvalue weighted by atomic mass is 32.1. The Hall–Kier alpha value is 0.0900. The minimum Gasteiger partial charge on any atom is -0.0935 e. The molecule has 0 fully saturated rings. The molecule has 12 heavy (non-hydrogen) atoms. The molecule has 0 N–H and O–H groups in total. The lowest BCUT2D eigenvalue weighted by Crippen LogP contribution is -1.80. The number of hydrogen-bond acceptors (Lipinski definition) is 1. The molecule has 0 heterocycles. The first-order chi connectivity index (χ1) is 5.91. The standard InChI is InChI=1S/C11H22S/c1-2-3-4-5-6-7-8-9-10-11-12/h11H,2-10H2,1H3. The fourth-order valence-electron chi connectivity index (χ4n) is 1.36. The van der Waals surface area contributed by atoms with Crippen LogP contribution in [-0.4, -0.2) is 5.37 Å². The topological polar surface area (TPSA) is 0 Å². The molecule has 1 heteroatoms. The summed E-state index contributed by atoms with van der Waals surface area (Å²) in [5.41, 5.74) is 0. The second kappa shape index (κ2) is 11.1. The van der Waals surface area contributed by atoms with Gasteiger partial charge >= 0.3 is 0 Å². The summed E-state index contributed by atoms with van der Waals surface area (Å²) in [6.07, 6.45) is 12.3. The average Bonchev–Trinajstić information content (AvgIpc) is 2.10. The van der Waals surface area contributed by atoms with Gasteiger partial charge in [0.2, 0.25) is 0 Å². The summed E-state index contributed by atoms with van der Waals surface area (Å²) in [6, 6.07) is 0. The smallest absolute Gasteiger partial charge is 0.0210 e. The van der Waals surface area contributed by atoms with Crippen LogP contribution in [0.1, 0.15) is 64.7 Å². The van der Waals surface area contributed by atoms with Crippen molar-refractivity contribution in [3.63, 3.8) is 0 Å². The molecular weight excluding hydrogens is 164 g/mol. The molecule has 0 saturated heterocycles. The summed E-state index contributed by atoms with van der Waals surface area (Å²) in [4.78, 5) is 0. The van der Waals surface area contributed by atoms with Gasteiger partial charge in [0.25, 0.3) is 0 Å². The summed E-state index contributed by atoms with van der Waals surface area (Å²) in [6.45, 7) is 2.26.